The fourth-order valence-corrected chi connectivity index (χ4v) is 5.07. The van der Waals surface area contributed by atoms with Gasteiger partial charge in [0.25, 0.3) is 5.91 Å². The molecule has 10 heteroatoms. The number of carbonyl (C=O) groups is 2. The highest BCUT2D eigenvalue weighted by Crippen LogP contribution is 2.30. The number of fused-ring (bicyclic) bond motifs is 1. The number of rotatable bonds is 4. The van der Waals surface area contributed by atoms with Crippen LogP contribution in [0.3, 0.4) is 0 Å². The molecule has 4 heterocycles. The summed E-state index contributed by atoms with van der Waals surface area (Å²) >= 11 is 0. The van der Waals surface area contributed by atoms with E-state index >= 15 is 0 Å². The lowest BCUT2D eigenvalue weighted by molar-refractivity contribution is -0.129. The van der Waals surface area contributed by atoms with Gasteiger partial charge in [-0.15, -0.1) is 0 Å². The summed E-state index contributed by atoms with van der Waals surface area (Å²) in [5.74, 6) is 0.120. The minimum absolute atomic E-state index is 0.0722. The summed E-state index contributed by atoms with van der Waals surface area (Å²) in [7, 11) is 1.81. The second-order valence-electron chi connectivity index (χ2n) is 9.89. The Hall–Kier alpha value is -3.92. The number of nitrogens with one attached hydrogen (secondary N) is 1. The first-order valence-corrected chi connectivity index (χ1v) is 12.2. The zero-order valence-electron chi connectivity index (χ0n) is 20.6. The maximum absolute atomic E-state index is 13.3. The SMILES string of the molecule is CC1CC(N)CN(c2ccncc2NC(=O)c2nc3cc(N4CCN(C)C(=O)C4)ccc3cc2N)C1. The van der Waals surface area contributed by atoms with Crippen LogP contribution in [0, 0.1) is 5.92 Å². The standard InChI is InChI=1S/C26H32N8O2/c1-16-9-18(27)14-34(13-16)23-5-6-29-12-22(23)31-26(36)25-20(28)10-17-3-4-19(11-21(17)30-25)33-8-7-32(2)24(35)15-33/h3-6,10-12,16,18H,7-9,13-15,27-28H2,1-2H3,(H,31,36). The Morgan fingerprint density at radius 2 is 1.97 bits per heavy atom. The van der Waals surface area contributed by atoms with E-state index in [-0.39, 0.29) is 17.6 Å². The molecule has 2 unspecified atom stereocenters. The molecule has 2 aromatic heterocycles. The second kappa shape index (κ2) is 9.62. The van der Waals surface area contributed by atoms with Gasteiger partial charge in [0.05, 0.1) is 35.3 Å². The summed E-state index contributed by atoms with van der Waals surface area (Å²) < 4.78 is 0. The minimum Gasteiger partial charge on any atom is -0.397 e. The normalized spacial score (nSPS) is 20.6. The van der Waals surface area contributed by atoms with Crippen LogP contribution < -0.4 is 26.6 Å². The topological polar surface area (TPSA) is 134 Å². The smallest absolute Gasteiger partial charge is 0.276 e. The van der Waals surface area contributed by atoms with E-state index in [2.05, 4.69) is 27.1 Å². The molecule has 2 amide bonds. The van der Waals surface area contributed by atoms with Crippen molar-refractivity contribution >= 4 is 45.5 Å². The summed E-state index contributed by atoms with van der Waals surface area (Å²) in [4.78, 5) is 40.2. The molecule has 0 saturated carbocycles. The number of piperazine rings is 1. The molecule has 5 N–H and O–H groups in total. The summed E-state index contributed by atoms with van der Waals surface area (Å²) in [6.07, 6.45) is 4.33. The van der Waals surface area contributed by atoms with E-state index in [1.165, 1.54) is 0 Å². The third-order valence-corrected chi connectivity index (χ3v) is 6.95. The molecule has 0 bridgehead atoms. The van der Waals surface area contributed by atoms with Gasteiger partial charge < -0.3 is 31.5 Å². The number of benzene rings is 1. The number of nitrogen functional groups attached to an aromatic ring is 1. The monoisotopic (exact) mass is 488 g/mol. The summed E-state index contributed by atoms with van der Waals surface area (Å²) in [5, 5.41) is 3.79. The Morgan fingerprint density at radius 3 is 2.75 bits per heavy atom. The Balaban J connectivity index is 1.41. The van der Waals surface area contributed by atoms with Gasteiger partial charge in [-0.1, -0.05) is 13.0 Å². The van der Waals surface area contributed by atoms with Crippen molar-refractivity contribution in [3.05, 3.63) is 48.4 Å². The van der Waals surface area contributed by atoms with Gasteiger partial charge in [0.2, 0.25) is 5.91 Å². The highest BCUT2D eigenvalue weighted by atomic mass is 16.2. The van der Waals surface area contributed by atoms with Gasteiger partial charge in [-0.05, 0) is 36.6 Å². The molecule has 5 rings (SSSR count). The van der Waals surface area contributed by atoms with E-state index in [4.69, 9.17) is 11.5 Å². The molecule has 188 valence electrons. The van der Waals surface area contributed by atoms with E-state index < -0.39 is 5.91 Å². The Morgan fingerprint density at radius 1 is 1.14 bits per heavy atom. The molecule has 0 spiro atoms. The lowest BCUT2D eigenvalue weighted by Gasteiger charge is -2.37. The number of hydrogen-bond donors (Lipinski definition) is 3. The Bertz CT molecular complexity index is 1300. The maximum Gasteiger partial charge on any atom is 0.276 e. The summed E-state index contributed by atoms with van der Waals surface area (Å²) in [6.45, 7) is 5.45. The highest BCUT2D eigenvalue weighted by Gasteiger charge is 2.25. The van der Waals surface area contributed by atoms with Gasteiger partial charge >= 0.3 is 0 Å². The van der Waals surface area contributed by atoms with Crippen LogP contribution in [-0.4, -0.2) is 72.5 Å². The molecule has 2 atom stereocenters. The quantitative estimate of drug-likeness (QED) is 0.507. The summed E-state index contributed by atoms with van der Waals surface area (Å²) in [5.41, 5.74) is 15.9. The van der Waals surface area contributed by atoms with Crippen LogP contribution >= 0.6 is 0 Å². The van der Waals surface area contributed by atoms with Gasteiger partial charge in [0.1, 0.15) is 0 Å². The molecule has 0 aliphatic carbocycles. The number of anilines is 4. The highest BCUT2D eigenvalue weighted by molar-refractivity contribution is 6.09. The number of nitrogens with zero attached hydrogens (tertiary/aromatic N) is 5. The first-order chi connectivity index (χ1) is 17.3. The van der Waals surface area contributed by atoms with Gasteiger partial charge in [-0.25, -0.2) is 4.98 Å². The number of likely N-dealkylation sites (N-methyl/N-ethyl adjacent to an activating group) is 1. The largest absolute Gasteiger partial charge is 0.397 e. The Labute approximate surface area is 210 Å². The van der Waals surface area contributed by atoms with Crippen LogP contribution in [0.5, 0.6) is 0 Å². The lowest BCUT2D eigenvalue weighted by Crippen LogP contribution is -2.48. The average molecular weight is 489 g/mol. The molecule has 2 fully saturated rings. The first-order valence-electron chi connectivity index (χ1n) is 12.2. The number of piperidine rings is 1. The molecule has 0 radical (unpaired) electrons. The van der Waals surface area contributed by atoms with Crippen molar-refractivity contribution < 1.29 is 9.59 Å². The van der Waals surface area contributed by atoms with Crippen LogP contribution in [0.15, 0.2) is 42.7 Å². The third kappa shape index (κ3) is 4.76. The zero-order chi connectivity index (χ0) is 25.4. The second-order valence-corrected chi connectivity index (χ2v) is 9.89. The average Bonchev–Trinajstić information content (AvgIpc) is 2.84. The van der Waals surface area contributed by atoms with E-state index in [0.717, 1.165) is 36.3 Å². The number of nitrogens with two attached hydrogens (primary N) is 2. The van der Waals surface area contributed by atoms with Crippen LogP contribution in [0.25, 0.3) is 10.9 Å². The summed E-state index contributed by atoms with van der Waals surface area (Å²) in [6, 6.07) is 9.49. The van der Waals surface area contributed by atoms with Crippen molar-refractivity contribution in [1.29, 1.82) is 0 Å². The number of amides is 2. The van der Waals surface area contributed by atoms with Gasteiger partial charge in [-0.3, -0.25) is 14.6 Å². The van der Waals surface area contributed by atoms with E-state index in [0.29, 0.717) is 42.4 Å². The van der Waals surface area contributed by atoms with Gasteiger partial charge in [0.15, 0.2) is 5.69 Å². The van der Waals surface area contributed by atoms with Crippen molar-refractivity contribution in [1.82, 2.24) is 14.9 Å². The number of aromatic nitrogens is 2. The number of carbonyl (C=O) groups excluding carboxylic acids is 2. The maximum atomic E-state index is 13.3. The van der Waals surface area contributed by atoms with Crippen molar-refractivity contribution in [2.45, 2.75) is 19.4 Å². The minimum atomic E-state index is -0.404. The molecule has 36 heavy (non-hydrogen) atoms. The molecule has 2 aliphatic rings. The molecule has 2 aliphatic heterocycles. The van der Waals surface area contributed by atoms with Gasteiger partial charge in [-0.2, -0.15) is 0 Å². The van der Waals surface area contributed by atoms with E-state index in [1.807, 2.05) is 36.2 Å². The first kappa shape index (κ1) is 23.8. The van der Waals surface area contributed by atoms with Crippen LogP contribution in [0.2, 0.25) is 0 Å². The lowest BCUT2D eigenvalue weighted by atomic mass is 9.96. The van der Waals surface area contributed by atoms with E-state index in [9.17, 15) is 9.59 Å². The third-order valence-electron chi connectivity index (χ3n) is 6.95. The van der Waals surface area contributed by atoms with Crippen LogP contribution in [-0.2, 0) is 4.79 Å². The number of hydrogen-bond acceptors (Lipinski definition) is 8. The molecular weight excluding hydrogens is 456 g/mol. The number of pyridine rings is 2. The van der Waals surface area contributed by atoms with Crippen LogP contribution in [0.1, 0.15) is 23.8 Å². The predicted molar refractivity (Wildman–Crippen MR) is 142 cm³/mol. The fourth-order valence-electron chi connectivity index (χ4n) is 5.07. The molecule has 10 nitrogen and oxygen atoms in total. The van der Waals surface area contributed by atoms with Gasteiger partial charge in [0, 0.05) is 56.5 Å². The Kier molecular flexibility index (Phi) is 6.36. The predicted octanol–water partition coefficient (Wildman–Crippen LogP) is 1.92. The fraction of sp³-hybridized carbons (Fsp3) is 0.385. The molecule has 3 aromatic rings. The molecular formula is C26H32N8O2. The zero-order valence-corrected chi connectivity index (χ0v) is 20.6. The van der Waals surface area contributed by atoms with Crippen molar-refractivity contribution in [3.63, 3.8) is 0 Å². The van der Waals surface area contributed by atoms with Crippen molar-refractivity contribution in [3.8, 4) is 0 Å². The molecule has 1 aromatic carbocycles. The van der Waals surface area contributed by atoms with E-state index in [1.54, 1.807) is 23.4 Å². The van der Waals surface area contributed by atoms with Crippen molar-refractivity contribution in [2.75, 3.05) is 60.6 Å². The van der Waals surface area contributed by atoms with Crippen LogP contribution in [0.4, 0.5) is 22.7 Å². The molecule has 2 saturated heterocycles. The van der Waals surface area contributed by atoms with Crippen molar-refractivity contribution in [2.24, 2.45) is 11.7 Å².